The van der Waals surface area contributed by atoms with Crippen LogP contribution in [0.3, 0.4) is 0 Å². The van der Waals surface area contributed by atoms with Crippen LogP contribution in [0.15, 0.2) is 18.2 Å². The number of aldehydes is 1. The van der Waals surface area contributed by atoms with Crippen molar-refractivity contribution in [3.63, 3.8) is 0 Å². The van der Waals surface area contributed by atoms with Crippen molar-refractivity contribution in [2.24, 2.45) is 0 Å². The molecule has 142 valence electrons. The van der Waals surface area contributed by atoms with E-state index < -0.39 is 47.5 Å². The Hall–Kier alpha value is -3.01. The maximum atomic E-state index is 11.6. The quantitative estimate of drug-likeness (QED) is 0.297. The molecule has 0 amide bonds. The van der Waals surface area contributed by atoms with Crippen LogP contribution in [-0.2, 0) is 23.9 Å². The van der Waals surface area contributed by atoms with Crippen LogP contribution >= 0.6 is 0 Å². The molecular formula is C16H19NO9. The van der Waals surface area contributed by atoms with E-state index in [2.05, 4.69) is 0 Å². The molecular weight excluding hydrogens is 350 g/mol. The molecule has 1 atom stereocenters. The molecule has 0 heterocycles. The minimum atomic E-state index is -1.30. The summed E-state index contributed by atoms with van der Waals surface area (Å²) in [5.74, 6) is -2.26. The van der Waals surface area contributed by atoms with Gasteiger partial charge in [0, 0.05) is 6.07 Å². The van der Waals surface area contributed by atoms with E-state index >= 15 is 0 Å². The molecule has 1 N–H and O–H groups in total. The Kier molecular flexibility index (Phi) is 7.20. The number of hydrogen-bond acceptors (Lipinski definition) is 8. The number of nitro groups is 1. The third kappa shape index (κ3) is 6.85. The summed E-state index contributed by atoms with van der Waals surface area (Å²) in [4.78, 5) is 43.7. The van der Waals surface area contributed by atoms with Gasteiger partial charge in [0.25, 0.3) is 0 Å². The number of carboxylic acids is 1. The molecule has 0 saturated heterocycles. The van der Waals surface area contributed by atoms with Gasteiger partial charge in [0.05, 0.1) is 4.92 Å². The number of rotatable bonds is 9. The Balaban J connectivity index is 2.91. The molecule has 0 aliphatic carbocycles. The average molecular weight is 369 g/mol. The highest BCUT2D eigenvalue weighted by molar-refractivity contribution is 5.72. The first kappa shape index (κ1) is 21.0. The highest BCUT2D eigenvalue weighted by Crippen LogP contribution is 2.30. The van der Waals surface area contributed by atoms with Gasteiger partial charge in [-0.2, -0.15) is 0 Å². The summed E-state index contributed by atoms with van der Waals surface area (Å²) in [6, 6.07) is 3.48. The lowest BCUT2D eigenvalue weighted by molar-refractivity contribution is -0.385. The number of aliphatic carboxylic acids is 1. The minimum Gasteiger partial charge on any atom is -0.479 e. The molecule has 0 saturated carbocycles. The zero-order valence-electron chi connectivity index (χ0n) is 14.5. The average Bonchev–Trinajstić information content (AvgIpc) is 2.52. The SMILES string of the molecule is CC(C)(C)OC(=O)COC(C=O)c1ccc(OCC(=O)O)c([N+](=O)[O-])c1. The highest BCUT2D eigenvalue weighted by atomic mass is 16.6. The third-order valence-electron chi connectivity index (χ3n) is 2.78. The van der Waals surface area contributed by atoms with Gasteiger partial charge in [0.2, 0.25) is 0 Å². The summed E-state index contributed by atoms with van der Waals surface area (Å²) in [5.41, 5.74) is -1.15. The van der Waals surface area contributed by atoms with Crippen molar-refractivity contribution in [2.45, 2.75) is 32.5 Å². The van der Waals surface area contributed by atoms with Crippen molar-refractivity contribution in [1.29, 1.82) is 0 Å². The number of carbonyl (C=O) groups excluding carboxylic acids is 2. The van der Waals surface area contributed by atoms with Crippen LogP contribution in [0.2, 0.25) is 0 Å². The molecule has 0 fully saturated rings. The van der Waals surface area contributed by atoms with Crippen molar-refractivity contribution >= 4 is 23.9 Å². The van der Waals surface area contributed by atoms with Crippen molar-refractivity contribution in [1.82, 2.24) is 0 Å². The lowest BCUT2D eigenvalue weighted by atomic mass is 10.1. The lowest BCUT2D eigenvalue weighted by Gasteiger charge is -2.20. The first-order valence-electron chi connectivity index (χ1n) is 7.45. The van der Waals surface area contributed by atoms with Gasteiger partial charge in [0.15, 0.2) is 18.6 Å². The summed E-state index contributed by atoms with van der Waals surface area (Å²) in [5, 5.41) is 19.7. The van der Waals surface area contributed by atoms with Gasteiger partial charge < -0.3 is 24.1 Å². The van der Waals surface area contributed by atoms with Crippen LogP contribution in [0.5, 0.6) is 5.75 Å². The Bertz CT molecular complexity index is 693. The number of hydrogen-bond donors (Lipinski definition) is 1. The van der Waals surface area contributed by atoms with E-state index in [0.29, 0.717) is 6.29 Å². The van der Waals surface area contributed by atoms with E-state index in [1.807, 2.05) is 0 Å². The van der Waals surface area contributed by atoms with Crippen molar-refractivity contribution < 1.29 is 38.6 Å². The molecule has 0 radical (unpaired) electrons. The number of nitrogens with zero attached hydrogens (tertiary/aromatic N) is 1. The van der Waals surface area contributed by atoms with Crippen LogP contribution < -0.4 is 4.74 Å². The Morgan fingerprint density at radius 2 is 1.96 bits per heavy atom. The Morgan fingerprint density at radius 3 is 2.46 bits per heavy atom. The Morgan fingerprint density at radius 1 is 1.31 bits per heavy atom. The maximum absolute atomic E-state index is 11.6. The number of carbonyl (C=O) groups is 3. The number of benzene rings is 1. The molecule has 1 aromatic rings. The van der Waals surface area contributed by atoms with E-state index in [1.165, 1.54) is 6.07 Å². The second-order valence-electron chi connectivity index (χ2n) is 6.12. The van der Waals surface area contributed by atoms with Gasteiger partial charge in [-0.3, -0.25) is 10.1 Å². The van der Waals surface area contributed by atoms with Gasteiger partial charge in [-0.1, -0.05) is 6.07 Å². The van der Waals surface area contributed by atoms with E-state index in [4.69, 9.17) is 19.3 Å². The summed E-state index contributed by atoms with van der Waals surface area (Å²) in [6.07, 6.45) is -0.865. The van der Waals surface area contributed by atoms with E-state index in [9.17, 15) is 24.5 Å². The maximum Gasteiger partial charge on any atom is 0.341 e. The van der Waals surface area contributed by atoms with Crippen LogP contribution in [0, 0.1) is 10.1 Å². The van der Waals surface area contributed by atoms with Crippen LogP contribution in [-0.4, -0.2) is 47.1 Å². The minimum absolute atomic E-state index is 0.109. The third-order valence-corrected chi connectivity index (χ3v) is 2.78. The molecule has 0 aliphatic rings. The topological polar surface area (TPSA) is 142 Å². The zero-order valence-corrected chi connectivity index (χ0v) is 14.5. The lowest BCUT2D eigenvalue weighted by Crippen LogP contribution is -2.27. The van der Waals surface area contributed by atoms with Crippen LogP contribution in [0.4, 0.5) is 5.69 Å². The predicted octanol–water partition coefficient (Wildman–Crippen LogP) is 1.66. The standard InChI is InChI=1S/C16H19NO9/c1-16(2,3)26-15(21)9-25-13(7-18)10-4-5-12(24-8-14(19)20)11(6-10)17(22)23/h4-7,13H,8-9H2,1-3H3,(H,19,20). The molecule has 1 rings (SSSR count). The fourth-order valence-corrected chi connectivity index (χ4v) is 1.86. The van der Waals surface area contributed by atoms with E-state index in [1.54, 1.807) is 20.8 Å². The summed E-state index contributed by atoms with van der Waals surface area (Å²) in [7, 11) is 0. The predicted molar refractivity (Wildman–Crippen MR) is 86.8 cm³/mol. The summed E-state index contributed by atoms with van der Waals surface area (Å²) >= 11 is 0. The van der Waals surface area contributed by atoms with Crippen LogP contribution in [0.25, 0.3) is 0 Å². The molecule has 26 heavy (non-hydrogen) atoms. The largest absolute Gasteiger partial charge is 0.479 e. The summed E-state index contributed by atoms with van der Waals surface area (Å²) in [6.45, 7) is 3.72. The smallest absolute Gasteiger partial charge is 0.341 e. The Labute approximate surface area is 148 Å². The first-order valence-corrected chi connectivity index (χ1v) is 7.45. The van der Waals surface area contributed by atoms with Crippen molar-refractivity contribution in [3.05, 3.63) is 33.9 Å². The molecule has 0 aromatic heterocycles. The van der Waals surface area contributed by atoms with Gasteiger partial charge in [-0.25, -0.2) is 9.59 Å². The summed E-state index contributed by atoms with van der Waals surface area (Å²) < 4.78 is 15.0. The molecule has 10 heteroatoms. The number of nitro benzene ring substituents is 1. The fourth-order valence-electron chi connectivity index (χ4n) is 1.86. The molecule has 1 aromatic carbocycles. The van der Waals surface area contributed by atoms with Gasteiger partial charge in [-0.05, 0) is 32.4 Å². The molecule has 0 spiro atoms. The van der Waals surface area contributed by atoms with Gasteiger partial charge >= 0.3 is 17.6 Å². The molecule has 0 bridgehead atoms. The van der Waals surface area contributed by atoms with Crippen molar-refractivity contribution in [2.75, 3.05) is 13.2 Å². The van der Waals surface area contributed by atoms with Gasteiger partial charge in [-0.15, -0.1) is 0 Å². The van der Waals surface area contributed by atoms with Crippen LogP contribution in [0.1, 0.15) is 32.4 Å². The number of ether oxygens (including phenoxy) is 3. The van der Waals surface area contributed by atoms with E-state index in [-0.39, 0.29) is 11.3 Å². The number of carboxylic acid groups (broad SMARTS) is 1. The normalized spacial score (nSPS) is 12.1. The fraction of sp³-hybridized carbons (Fsp3) is 0.438. The van der Waals surface area contributed by atoms with E-state index in [0.717, 1.165) is 12.1 Å². The molecule has 1 unspecified atom stereocenters. The molecule has 0 aliphatic heterocycles. The highest BCUT2D eigenvalue weighted by Gasteiger charge is 2.23. The monoisotopic (exact) mass is 369 g/mol. The molecule has 10 nitrogen and oxygen atoms in total. The second-order valence-corrected chi connectivity index (χ2v) is 6.12. The van der Waals surface area contributed by atoms with Gasteiger partial charge in [0.1, 0.15) is 18.3 Å². The zero-order chi connectivity index (χ0) is 19.9. The second kappa shape index (κ2) is 8.90. The van der Waals surface area contributed by atoms with Crippen molar-refractivity contribution in [3.8, 4) is 5.75 Å². The number of esters is 1. The first-order chi connectivity index (χ1) is 12.0.